The minimum absolute atomic E-state index is 0.0653. The highest BCUT2D eigenvalue weighted by Crippen LogP contribution is 2.40. The first-order chi connectivity index (χ1) is 13.2. The van der Waals surface area contributed by atoms with Gasteiger partial charge >= 0.3 is 6.03 Å². The van der Waals surface area contributed by atoms with Crippen molar-refractivity contribution in [3.05, 3.63) is 52.6 Å². The summed E-state index contributed by atoms with van der Waals surface area (Å²) in [5.74, 6) is 2.01. The molecule has 142 valence electrons. The lowest BCUT2D eigenvalue weighted by molar-refractivity contribution is 0.246. The van der Waals surface area contributed by atoms with Crippen LogP contribution in [0, 0.1) is 6.92 Å². The Labute approximate surface area is 160 Å². The Morgan fingerprint density at radius 3 is 2.85 bits per heavy atom. The fourth-order valence-electron chi connectivity index (χ4n) is 3.98. The number of fused-ring (bicyclic) bond motifs is 2. The molecule has 2 aliphatic rings. The molecule has 1 N–H and O–H groups in total. The third kappa shape index (κ3) is 3.46. The van der Waals surface area contributed by atoms with Gasteiger partial charge in [0.05, 0.1) is 13.2 Å². The van der Waals surface area contributed by atoms with Crippen molar-refractivity contribution in [2.75, 3.05) is 31.2 Å². The summed E-state index contributed by atoms with van der Waals surface area (Å²) in [6, 6.07) is 10.1. The van der Waals surface area contributed by atoms with Gasteiger partial charge in [0.15, 0.2) is 0 Å². The Morgan fingerprint density at radius 2 is 2.04 bits per heavy atom. The molecule has 5 heteroatoms. The third-order valence-corrected chi connectivity index (χ3v) is 5.29. The average molecular weight is 366 g/mol. The molecular weight excluding hydrogens is 340 g/mol. The number of urea groups is 1. The second-order valence-electron chi connectivity index (χ2n) is 7.08. The predicted molar refractivity (Wildman–Crippen MR) is 106 cm³/mol. The zero-order valence-electron chi connectivity index (χ0n) is 16.0. The molecular formula is C22H26N2O3. The summed E-state index contributed by atoms with van der Waals surface area (Å²) in [4.78, 5) is 14.5. The lowest BCUT2D eigenvalue weighted by Gasteiger charge is -2.22. The molecule has 0 saturated heterocycles. The van der Waals surface area contributed by atoms with Gasteiger partial charge in [0.2, 0.25) is 0 Å². The van der Waals surface area contributed by atoms with E-state index in [-0.39, 0.29) is 6.03 Å². The molecule has 5 nitrogen and oxygen atoms in total. The molecule has 2 heterocycles. The fourth-order valence-corrected chi connectivity index (χ4v) is 3.98. The van der Waals surface area contributed by atoms with Gasteiger partial charge in [-0.2, -0.15) is 0 Å². The van der Waals surface area contributed by atoms with Gasteiger partial charge in [-0.3, -0.25) is 4.90 Å². The van der Waals surface area contributed by atoms with Gasteiger partial charge in [0, 0.05) is 48.3 Å². The van der Waals surface area contributed by atoms with Crippen LogP contribution in [-0.4, -0.2) is 32.3 Å². The SMILES string of the molecule is CCN(C(=O)NCCc1c2c(cc3c1OCC3)OCC2)c1cccc(C)c1. The number of nitrogens with zero attached hydrogens (tertiary/aromatic N) is 1. The lowest BCUT2D eigenvalue weighted by atomic mass is 9.97. The van der Waals surface area contributed by atoms with Crippen molar-refractivity contribution in [3.8, 4) is 11.5 Å². The molecule has 2 aromatic carbocycles. The topological polar surface area (TPSA) is 50.8 Å². The smallest absolute Gasteiger partial charge is 0.321 e. The van der Waals surface area contributed by atoms with Crippen molar-refractivity contribution in [3.63, 3.8) is 0 Å². The van der Waals surface area contributed by atoms with E-state index in [1.165, 1.54) is 16.7 Å². The van der Waals surface area contributed by atoms with Gasteiger partial charge in [-0.15, -0.1) is 0 Å². The van der Waals surface area contributed by atoms with Crippen LogP contribution in [-0.2, 0) is 19.3 Å². The molecule has 0 aromatic heterocycles. The highest BCUT2D eigenvalue weighted by atomic mass is 16.5. The van der Waals surface area contributed by atoms with E-state index < -0.39 is 0 Å². The van der Waals surface area contributed by atoms with Crippen LogP contribution in [0.2, 0.25) is 0 Å². The summed E-state index contributed by atoms with van der Waals surface area (Å²) in [7, 11) is 0. The molecule has 0 radical (unpaired) electrons. The minimum Gasteiger partial charge on any atom is -0.493 e. The van der Waals surface area contributed by atoms with Crippen LogP contribution in [0.15, 0.2) is 30.3 Å². The van der Waals surface area contributed by atoms with Crippen LogP contribution in [0.4, 0.5) is 10.5 Å². The van der Waals surface area contributed by atoms with E-state index in [0.29, 0.717) is 13.1 Å². The number of hydrogen-bond donors (Lipinski definition) is 1. The number of anilines is 1. The molecule has 0 unspecified atom stereocenters. The first-order valence-electron chi connectivity index (χ1n) is 9.72. The number of amides is 2. The van der Waals surface area contributed by atoms with E-state index in [1.54, 1.807) is 4.90 Å². The van der Waals surface area contributed by atoms with Crippen LogP contribution in [0.25, 0.3) is 0 Å². The molecule has 4 rings (SSSR count). The highest BCUT2D eigenvalue weighted by molar-refractivity contribution is 5.92. The number of nitrogens with one attached hydrogen (secondary N) is 1. The number of hydrogen-bond acceptors (Lipinski definition) is 3. The molecule has 0 spiro atoms. The van der Waals surface area contributed by atoms with Gasteiger partial charge in [-0.05, 0) is 44.0 Å². The Balaban J connectivity index is 1.45. The Kier molecular flexibility index (Phi) is 4.92. The normalized spacial score (nSPS) is 14.1. The van der Waals surface area contributed by atoms with E-state index in [1.807, 2.05) is 38.1 Å². The van der Waals surface area contributed by atoms with E-state index >= 15 is 0 Å². The summed E-state index contributed by atoms with van der Waals surface area (Å²) in [5.41, 5.74) is 5.75. The zero-order valence-corrected chi connectivity index (χ0v) is 16.0. The number of carbonyl (C=O) groups excluding carboxylic acids is 1. The van der Waals surface area contributed by atoms with Crippen molar-refractivity contribution in [1.29, 1.82) is 0 Å². The molecule has 0 saturated carbocycles. The second-order valence-corrected chi connectivity index (χ2v) is 7.08. The summed E-state index contributed by atoms with van der Waals surface area (Å²) in [6.45, 7) is 6.69. The van der Waals surface area contributed by atoms with Crippen molar-refractivity contribution >= 4 is 11.7 Å². The Morgan fingerprint density at radius 1 is 1.19 bits per heavy atom. The summed E-state index contributed by atoms with van der Waals surface area (Å²) < 4.78 is 11.7. The number of ether oxygens (including phenoxy) is 2. The van der Waals surface area contributed by atoms with Crippen molar-refractivity contribution < 1.29 is 14.3 Å². The van der Waals surface area contributed by atoms with Crippen LogP contribution < -0.4 is 19.7 Å². The molecule has 2 amide bonds. The van der Waals surface area contributed by atoms with Crippen molar-refractivity contribution in [2.24, 2.45) is 0 Å². The molecule has 0 bridgehead atoms. The van der Waals surface area contributed by atoms with Crippen LogP contribution >= 0.6 is 0 Å². The van der Waals surface area contributed by atoms with Gasteiger partial charge in [0.1, 0.15) is 11.5 Å². The van der Waals surface area contributed by atoms with Gasteiger partial charge < -0.3 is 14.8 Å². The van der Waals surface area contributed by atoms with Crippen LogP contribution in [0.5, 0.6) is 11.5 Å². The number of aryl methyl sites for hydroxylation is 1. The molecule has 0 atom stereocenters. The summed E-state index contributed by atoms with van der Waals surface area (Å²) in [6.07, 6.45) is 2.61. The highest BCUT2D eigenvalue weighted by Gasteiger charge is 2.26. The zero-order chi connectivity index (χ0) is 18.8. The number of rotatable bonds is 5. The largest absolute Gasteiger partial charge is 0.493 e. The van der Waals surface area contributed by atoms with E-state index in [4.69, 9.17) is 9.47 Å². The van der Waals surface area contributed by atoms with E-state index in [2.05, 4.69) is 11.4 Å². The van der Waals surface area contributed by atoms with Gasteiger partial charge in [-0.1, -0.05) is 12.1 Å². The minimum atomic E-state index is -0.0653. The summed E-state index contributed by atoms with van der Waals surface area (Å²) >= 11 is 0. The molecule has 0 aliphatic carbocycles. The van der Waals surface area contributed by atoms with Crippen LogP contribution in [0.3, 0.4) is 0 Å². The number of benzene rings is 2. The van der Waals surface area contributed by atoms with E-state index in [0.717, 1.165) is 55.2 Å². The summed E-state index contributed by atoms with van der Waals surface area (Å²) in [5, 5.41) is 3.07. The van der Waals surface area contributed by atoms with Crippen molar-refractivity contribution in [2.45, 2.75) is 33.1 Å². The molecule has 2 aliphatic heterocycles. The first-order valence-corrected chi connectivity index (χ1v) is 9.72. The standard InChI is InChI=1S/C22H26N2O3/c1-3-24(17-6-4-5-15(2)13-17)22(25)23-10-7-19-18-9-12-26-20(18)14-16-8-11-27-21(16)19/h4-6,13-14H,3,7-12H2,1-2H3,(H,23,25). The predicted octanol–water partition coefficient (Wildman–Crippen LogP) is 3.64. The fraction of sp³-hybridized carbons (Fsp3) is 0.409. The molecule has 2 aromatic rings. The maximum atomic E-state index is 12.7. The maximum Gasteiger partial charge on any atom is 0.321 e. The first kappa shape index (κ1) is 17.7. The third-order valence-electron chi connectivity index (χ3n) is 5.29. The van der Waals surface area contributed by atoms with Crippen LogP contribution in [0.1, 0.15) is 29.2 Å². The second kappa shape index (κ2) is 7.51. The Bertz CT molecular complexity index is 831. The lowest BCUT2D eigenvalue weighted by Crippen LogP contribution is -2.40. The Hall–Kier alpha value is -2.69. The van der Waals surface area contributed by atoms with Gasteiger partial charge in [0.25, 0.3) is 0 Å². The molecule has 27 heavy (non-hydrogen) atoms. The maximum absolute atomic E-state index is 12.7. The quantitative estimate of drug-likeness (QED) is 0.879. The van der Waals surface area contributed by atoms with Crippen molar-refractivity contribution in [1.82, 2.24) is 5.32 Å². The van der Waals surface area contributed by atoms with Gasteiger partial charge in [-0.25, -0.2) is 4.79 Å². The molecule has 0 fully saturated rings. The average Bonchev–Trinajstić information content (AvgIpc) is 3.31. The monoisotopic (exact) mass is 366 g/mol. The number of carbonyl (C=O) groups is 1. The van der Waals surface area contributed by atoms with E-state index in [9.17, 15) is 4.79 Å².